The molecule has 9 nitrogen and oxygen atoms in total. The number of pyridine rings is 1. The van der Waals surface area contributed by atoms with Gasteiger partial charge in [-0.05, 0) is 56.7 Å². The fraction of sp³-hybridized carbons (Fsp3) is 0.364. The summed E-state index contributed by atoms with van der Waals surface area (Å²) in [6.07, 6.45) is 5.20. The van der Waals surface area contributed by atoms with Gasteiger partial charge in [-0.15, -0.1) is 0 Å². The molecule has 0 aliphatic carbocycles. The Kier molecular flexibility index (Phi) is 5.85. The molecule has 1 aliphatic heterocycles. The summed E-state index contributed by atoms with van der Waals surface area (Å²) in [6.45, 7) is 1.95. The van der Waals surface area contributed by atoms with Gasteiger partial charge in [-0.2, -0.15) is 5.10 Å². The maximum Gasteiger partial charge on any atom is 0.321 e. The van der Waals surface area contributed by atoms with Gasteiger partial charge < -0.3 is 20.4 Å². The quantitative estimate of drug-likeness (QED) is 0.600. The number of piperidine rings is 1. The number of urea groups is 1. The first-order valence-electron chi connectivity index (χ1n) is 10.3. The van der Waals surface area contributed by atoms with Gasteiger partial charge in [0.2, 0.25) is 0 Å². The van der Waals surface area contributed by atoms with Gasteiger partial charge in [0, 0.05) is 37.3 Å². The second-order valence-electron chi connectivity index (χ2n) is 8.17. The number of nitrogens with one attached hydrogen (secondary N) is 3. The van der Waals surface area contributed by atoms with Crippen LogP contribution in [0.3, 0.4) is 0 Å². The zero-order chi connectivity index (χ0) is 22.0. The number of aromatic nitrogens is 3. The van der Waals surface area contributed by atoms with E-state index in [9.17, 15) is 9.59 Å². The lowest BCUT2D eigenvalue weighted by Crippen LogP contribution is -2.43. The monoisotopic (exact) mass is 421 g/mol. The lowest BCUT2D eigenvalue weighted by atomic mass is 10.0. The summed E-state index contributed by atoms with van der Waals surface area (Å²) >= 11 is 0. The van der Waals surface area contributed by atoms with Gasteiger partial charge in [0.05, 0.1) is 17.4 Å². The average Bonchev–Trinajstić information content (AvgIpc) is 3.19. The molecule has 1 fully saturated rings. The van der Waals surface area contributed by atoms with E-state index < -0.39 is 0 Å². The van der Waals surface area contributed by atoms with E-state index in [1.807, 2.05) is 24.3 Å². The van der Waals surface area contributed by atoms with E-state index in [1.165, 1.54) is 4.90 Å². The first-order valence-corrected chi connectivity index (χ1v) is 10.3. The van der Waals surface area contributed by atoms with Crippen molar-refractivity contribution in [2.24, 2.45) is 0 Å². The molecule has 0 radical (unpaired) electrons. The number of carbonyl (C=O) groups is 2. The van der Waals surface area contributed by atoms with Crippen LogP contribution in [-0.4, -0.2) is 77.2 Å². The second kappa shape index (κ2) is 8.73. The summed E-state index contributed by atoms with van der Waals surface area (Å²) in [4.78, 5) is 32.8. The highest BCUT2D eigenvalue weighted by Crippen LogP contribution is 2.27. The lowest BCUT2D eigenvalue weighted by Gasteiger charge is -2.29. The molecule has 162 valence electrons. The number of hydrogen-bond donors (Lipinski definition) is 3. The maximum atomic E-state index is 12.9. The number of likely N-dealkylation sites (tertiary alicyclic amines) is 1. The first-order chi connectivity index (χ1) is 14.9. The summed E-state index contributed by atoms with van der Waals surface area (Å²) in [5, 5.41) is 13.9. The van der Waals surface area contributed by atoms with Crippen molar-refractivity contribution in [3.05, 3.63) is 42.4 Å². The van der Waals surface area contributed by atoms with Crippen molar-refractivity contribution in [2.75, 3.05) is 39.5 Å². The molecular formula is C22H27N7O2. The molecule has 3 aromatic rings. The van der Waals surface area contributed by atoms with Crippen molar-refractivity contribution in [1.29, 1.82) is 0 Å². The molecular weight excluding hydrogens is 394 g/mol. The summed E-state index contributed by atoms with van der Waals surface area (Å²) in [5.41, 5.74) is 3.50. The minimum Gasteiger partial charge on any atom is -0.348 e. The van der Waals surface area contributed by atoms with Crippen LogP contribution in [0.1, 0.15) is 23.3 Å². The minimum absolute atomic E-state index is 0.164. The Hall–Kier alpha value is -3.46. The Balaban J connectivity index is 1.57. The SMILES string of the molecule is CN1CCC(NC(=O)c2n[nH]c3ccc(-c4cncc(NC(=O)N(C)C)c4)cc23)CC1. The molecule has 31 heavy (non-hydrogen) atoms. The van der Waals surface area contributed by atoms with Crippen LogP contribution in [0.4, 0.5) is 10.5 Å². The van der Waals surface area contributed by atoms with Crippen LogP contribution in [0.15, 0.2) is 36.7 Å². The molecule has 9 heteroatoms. The fourth-order valence-corrected chi connectivity index (χ4v) is 3.67. The highest BCUT2D eigenvalue weighted by molar-refractivity contribution is 6.05. The molecule has 3 heterocycles. The Labute approximate surface area is 180 Å². The van der Waals surface area contributed by atoms with Crippen LogP contribution >= 0.6 is 0 Å². The third kappa shape index (κ3) is 4.66. The third-order valence-electron chi connectivity index (χ3n) is 5.56. The van der Waals surface area contributed by atoms with Gasteiger partial charge in [-0.3, -0.25) is 14.9 Å². The molecule has 0 bridgehead atoms. The van der Waals surface area contributed by atoms with Crippen molar-refractivity contribution < 1.29 is 9.59 Å². The highest BCUT2D eigenvalue weighted by Gasteiger charge is 2.22. The van der Waals surface area contributed by atoms with Crippen molar-refractivity contribution >= 4 is 28.5 Å². The van der Waals surface area contributed by atoms with Gasteiger partial charge in [0.1, 0.15) is 0 Å². The summed E-state index contributed by atoms with van der Waals surface area (Å²) < 4.78 is 0. The van der Waals surface area contributed by atoms with Crippen molar-refractivity contribution in [2.45, 2.75) is 18.9 Å². The van der Waals surface area contributed by atoms with E-state index in [-0.39, 0.29) is 18.0 Å². The maximum absolute atomic E-state index is 12.9. The molecule has 3 amide bonds. The Morgan fingerprint density at radius 1 is 1.13 bits per heavy atom. The van der Waals surface area contributed by atoms with Gasteiger partial charge in [0.25, 0.3) is 5.91 Å². The fourth-order valence-electron chi connectivity index (χ4n) is 3.67. The first kappa shape index (κ1) is 20.8. The lowest BCUT2D eigenvalue weighted by molar-refractivity contribution is 0.0913. The molecule has 2 aromatic heterocycles. The number of carbonyl (C=O) groups excluding carboxylic acids is 2. The molecule has 0 unspecified atom stereocenters. The van der Waals surface area contributed by atoms with Crippen molar-refractivity contribution in [1.82, 2.24) is 30.3 Å². The molecule has 1 saturated heterocycles. The molecule has 1 aliphatic rings. The van der Waals surface area contributed by atoms with Crippen molar-refractivity contribution in [3.63, 3.8) is 0 Å². The van der Waals surface area contributed by atoms with Gasteiger partial charge in [-0.1, -0.05) is 6.07 Å². The third-order valence-corrected chi connectivity index (χ3v) is 5.56. The molecule has 4 rings (SSSR count). The standard InChI is InChI=1S/C22H27N7O2/c1-28(2)22(31)25-17-10-15(12-23-13-17)14-4-5-19-18(11-14)20(27-26-19)21(30)24-16-6-8-29(3)9-7-16/h4-5,10-13,16H,6-9H2,1-3H3,(H,24,30)(H,25,31)(H,26,27). The Bertz CT molecular complexity index is 1100. The van der Waals surface area contributed by atoms with Crippen LogP contribution < -0.4 is 10.6 Å². The number of fused-ring (bicyclic) bond motifs is 1. The molecule has 1 aromatic carbocycles. The number of amides is 3. The molecule has 0 atom stereocenters. The zero-order valence-corrected chi connectivity index (χ0v) is 18.0. The van der Waals surface area contributed by atoms with Crippen LogP contribution in [0.5, 0.6) is 0 Å². The second-order valence-corrected chi connectivity index (χ2v) is 8.17. The Morgan fingerprint density at radius 2 is 1.90 bits per heavy atom. The Morgan fingerprint density at radius 3 is 2.65 bits per heavy atom. The van der Waals surface area contributed by atoms with E-state index in [0.717, 1.165) is 48.0 Å². The van der Waals surface area contributed by atoms with Gasteiger partial charge in [-0.25, -0.2) is 4.79 Å². The average molecular weight is 422 g/mol. The van der Waals surface area contributed by atoms with E-state index in [4.69, 9.17) is 0 Å². The number of rotatable bonds is 4. The van der Waals surface area contributed by atoms with Crippen molar-refractivity contribution in [3.8, 4) is 11.1 Å². The van der Waals surface area contributed by atoms with E-state index in [1.54, 1.807) is 26.5 Å². The van der Waals surface area contributed by atoms with Crippen LogP contribution in [0, 0.1) is 0 Å². The normalized spacial score (nSPS) is 15.1. The topological polar surface area (TPSA) is 106 Å². The smallest absolute Gasteiger partial charge is 0.321 e. The highest BCUT2D eigenvalue weighted by atomic mass is 16.2. The van der Waals surface area contributed by atoms with Crippen LogP contribution in [-0.2, 0) is 0 Å². The van der Waals surface area contributed by atoms with E-state index >= 15 is 0 Å². The number of H-pyrrole nitrogens is 1. The summed E-state index contributed by atoms with van der Waals surface area (Å²) in [7, 11) is 5.45. The number of benzene rings is 1. The summed E-state index contributed by atoms with van der Waals surface area (Å²) in [5.74, 6) is -0.164. The molecule has 0 spiro atoms. The van der Waals surface area contributed by atoms with Crippen LogP contribution in [0.25, 0.3) is 22.0 Å². The van der Waals surface area contributed by atoms with E-state index in [0.29, 0.717) is 11.4 Å². The largest absolute Gasteiger partial charge is 0.348 e. The van der Waals surface area contributed by atoms with E-state index in [2.05, 4.69) is 37.8 Å². The van der Waals surface area contributed by atoms with Gasteiger partial charge in [0.15, 0.2) is 5.69 Å². The number of nitrogens with zero attached hydrogens (tertiary/aromatic N) is 4. The molecule has 3 N–H and O–H groups in total. The number of aromatic amines is 1. The number of hydrogen-bond acceptors (Lipinski definition) is 5. The van der Waals surface area contributed by atoms with Gasteiger partial charge >= 0.3 is 6.03 Å². The zero-order valence-electron chi connectivity index (χ0n) is 18.0. The number of anilines is 1. The van der Waals surface area contributed by atoms with Crippen LogP contribution in [0.2, 0.25) is 0 Å². The predicted molar refractivity (Wildman–Crippen MR) is 120 cm³/mol. The predicted octanol–water partition coefficient (Wildman–Crippen LogP) is 2.54. The molecule has 0 saturated carbocycles. The minimum atomic E-state index is -0.225. The summed E-state index contributed by atoms with van der Waals surface area (Å²) in [6, 6.07) is 7.56.